The van der Waals surface area contributed by atoms with Crippen molar-refractivity contribution in [1.82, 2.24) is 5.32 Å². The van der Waals surface area contributed by atoms with Crippen LogP contribution in [0, 0.1) is 5.92 Å². The first-order chi connectivity index (χ1) is 12.6. The molecule has 2 amide bonds. The molecule has 1 heterocycles. The number of carbonyl (C=O) groups is 3. The van der Waals surface area contributed by atoms with Gasteiger partial charge >= 0.3 is 12.1 Å². The van der Waals surface area contributed by atoms with Crippen molar-refractivity contribution >= 4 is 23.5 Å². The second-order valence-corrected chi connectivity index (χ2v) is 6.07. The number of alkyl halides is 3. The molecule has 27 heavy (non-hydrogen) atoms. The number of rotatable bonds is 6. The summed E-state index contributed by atoms with van der Waals surface area (Å²) < 4.78 is 43.6. The molecule has 0 radical (unpaired) electrons. The maximum atomic E-state index is 12.8. The molecule has 2 rings (SSSR count). The zero-order chi connectivity index (χ0) is 20.2. The summed E-state index contributed by atoms with van der Waals surface area (Å²) in [6.07, 6.45) is -4.33. The minimum Gasteiger partial charge on any atom is -0.452 e. The summed E-state index contributed by atoms with van der Waals surface area (Å²) in [4.78, 5) is 37.2. The van der Waals surface area contributed by atoms with E-state index in [2.05, 4.69) is 11.9 Å². The summed E-state index contributed by atoms with van der Waals surface area (Å²) >= 11 is 0. The maximum Gasteiger partial charge on any atom is 0.416 e. The number of nitrogens with one attached hydrogen (secondary N) is 1. The van der Waals surface area contributed by atoms with Crippen LogP contribution in [-0.2, 0) is 25.3 Å². The number of anilines is 1. The summed E-state index contributed by atoms with van der Waals surface area (Å²) in [6.45, 7) is 4.94. The molecule has 1 aromatic rings. The average Bonchev–Trinajstić information content (AvgIpc) is 3.00. The van der Waals surface area contributed by atoms with Gasteiger partial charge in [0, 0.05) is 25.2 Å². The lowest BCUT2D eigenvalue weighted by molar-refractivity contribution is -0.158. The quantitative estimate of drug-likeness (QED) is 0.603. The van der Waals surface area contributed by atoms with Gasteiger partial charge in [-0.2, -0.15) is 13.2 Å². The fraction of sp³-hybridized carbons (Fsp3) is 0.389. The standard InChI is InChI=1S/C18H19F3N2O4/c1-3-7-22-16(25)11(2)27-17(26)12-8-15(24)23(10-12)14-6-4-5-13(9-14)18(19,20)21/h3-6,9,11-12H,1,7-8,10H2,2H3,(H,22,25)/t11-,12-/m1/s1. The van der Waals surface area contributed by atoms with Gasteiger partial charge in [-0.25, -0.2) is 0 Å². The Labute approximate surface area is 154 Å². The number of halogens is 3. The molecule has 1 aliphatic heterocycles. The lowest BCUT2D eigenvalue weighted by atomic mass is 10.1. The van der Waals surface area contributed by atoms with Gasteiger partial charge in [-0.15, -0.1) is 6.58 Å². The number of hydrogen-bond donors (Lipinski definition) is 1. The number of nitrogens with zero attached hydrogens (tertiary/aromatic N) is 1. The van der Waals surface area contributed by atoms with Crippen LogP contribution < -0.4 is 10.2 Å². The molecule has 9 heteroatoms. The number of benzene rings is 1. The molecule has 0 unspecified atom stereocenters. The molecule has 1 N–H and O–H groups in total. The van der Waals surface area contributed by atoms with Crippen LogP contribution in [0.15, 0.2) is 36.9 Å². The van der Waals surface area contributed by atoms with Crippen molar-refractivity contribution in [2.24, 2.45) is 5.92 Å². The van der Waals surface area contributed by atoms with Crippen molar-refractivity contribution in [3.8, 4) is 0 Å². The first-order valence-corrected chi connectivity index (χ1v) is 8.20. The van der Waals surface area contributed by atoms with E-state index < -0.39 is 41.5 Å². The molecule has 0 bridgehead atoms. The minimum atomic E-state index is -4.54. The van der Waals surface area contributed by atoms with Crippen LogP contribution >= 0.6 is 0 Å². The van der Waals surface area contributed by atoms with E-state index in [-0.39, 0.29) is 25.2 Å². The van der Waals surface area contributed by atoms with Crippen molar-refractivity contribution in [3.63, 3.8) is 0 Å². The molecule has 1 fully saturated rings. The average molecular weight is 384 g/mol. The Morgan fingerprint density at radius 1 is 1.44 bits per heavy atom. The van der Waals surface area contributed by atoms with Crippen LogP contribution in [0.1, 0.15) is 18.9 Å². The SMILES string of the molecule is C=CCNC(=O)[C@@H](C)OC(=O)[C@@H]1CC(=O)N(c2cccc(C(F)(F)F)c2)C1. The topological polar surface area (TPSA) is 75.7 Å². The van der Waals surface area contributed by atoms with Crippen molar-refractivity contribution in [3.05, 3.63) is 42.5 Å². The monoisotopic (exact) mass is 384 g/mol. The van der Waals surface area contributed by atoms with E-state index in [0.717, 1.165) is 17.0 Å². The molecule has 1 saturated heterocycles. The van der Waals surface area contributed by atoms with Crippen LogP contribution in [-0.4, -0.2) is 37.0 Å². The van der Waals surface area contributed by atoms with E-state index in [4.69, 9.17) is 4.74 Å². The number of ether oxygens (including phenoxy) is 1. The Bertz CT molecular complexity index is 748. The Balaban J connectivity index is 2.03. The Kier molecular flexibility index (Phi) is 6.24. The molecule has 0 aliphatic carbocycles. The molecule has 146 valence electrons. The van der Waals surface area contributed by atoms with Crippen molar-refractivity contribution in [2.75, 3.05) is 18.0 Å². The van der Waals surface area contributed by atoms with E-state index in [1.54, 1.807) is 0 Å². The summed E-state index contributed by atoms with van der Waals surface area (Å²) in [7, 11) is 0. The zero-order valence-corrected chi connectivity index (χ0v) is 14.6. The van der Waals surface area contributed by atoms with E-state index in [1.807, 2.05) is 0 Å². The Morgan fingerprint density at radius 2 is 2.15 bits per heavy atom. The highest BCUT2D eigenvalue weighted by Gasteiger charge is 2.38. The lowest BCUT2D eigenvalue weighted by Gasteiger charge is -2.19. The van der Waals surface area contributed by atoms with Crippen molar-refractivity contribution in [2.45, 2.75) is 25.6 Å². The highest BCUT2D eigenvalue weighted by molar-refractivity contribution is 5.99. The lowest BCUT2D eigenvalue weighted by Crippen LogP contribution is -2.37. The maximum absolute atomic E-state index is 12.8. The zero-order valence-electron chi connectivity index (χ0n) is 14.6. The Morgan fingerprint density at radius 3 is 2.78 bits per heavy atom. The normalized spacial score (nSPS) is 18.1. The molecular weight excluding hydrogens is 365 g/mol. The highest BCUT2D eigenvalue weighted by Crippen LogP contribution is 2.33. The second kappa shape index (κ2) is 8.24. The van der Waals surface area contributed by atoms with Crippen LogP contribution in [0.25, 0.3) is 0 Å². The largest absolute Gasteiger partial charge is 0.452 e. The first-order valence-electron chi connectivity index (χ1n) is 8.20. The van der Waals surface area contributed by atoms with Crippen molar-refractivity contribution in [1.29, 1.82) is 0 Å². The van der Waals surface area contributed by atoms with Gasteiger partial charge in [0.25, 0.3) is 5.91 Å². The van der Waals surface area contributed by atoms with Crippen LogP contribution in [0.4, 0.5) is 18.9 Å². The molecular formula is C18H19F3N2O4. The van der Waals surface area contributed by atoms with Crippen molar-refractivity contribution < 1.29 is 32.3 Å². The van der Waals surface area contributed by atoms with Gasteiger partial charge in [0.1, 0.15) is 0 Å². The van der Waals surface area contributed by atoms with Gasteiger partial charge in [-0.05, 0) is 25.1 Å². The number of amides is 2. The minimum absolute atomic E-state index is 0.0573. The van der Waals surface area contributed by atoms with Gasteiger partial charge in [0.15, 0.2) is 6.10 Å². The molecule has 1 aromatic carbocycles. The van der Waals surface area contributed by atoms with Crippen LogP contribution in [0.3, 0.4) is 0 Å². The third-order valence-corrected chi connectivity index (χ3v) is 4.03. The van der Waals surface area contributed by atoms with Gasteiger partial charge < -0.3 is 15.0 Å². The van der Waals surface area contributed by atoms with E-state index >= 15 is 0 Å². The summed E-state index contributed by atoms with van der Waals surface area (Å²) in [6, 6.07) is 4.33. The number of esters is 1. The Hall–Kier alpha value is -2.84. The second-order valence-electron chi connectivity index (χ2n) is 6.07. The fourth-order valence-electron chi connectivity index (χ4n) is 2.61. The predicted molar refractivity (Wildman–Crippen MR) is 90.7 cm³/mol. The smallest absolute Gasteiger partial charge is 0.416 e. The summed E-state index contributed by atoms with van der Waals surface area (Å²) in [5, 5.41) is 2.47. The molecule has 0 aromatic heterocycles. The molecule has 0 spiro atoms. The molecule has 2 atom stereocenters. The van der Waals surface area contributed by atoms with Gasteiger partial charge in [0.05, 0.1) is 11.5 Å². The number of carbonyl (C=O) groups excluding carboxylic acids is 3. The summed E-state index contributed by atoms with van der Waals surface area (Å²) in [5.41, 5.74) is -0.826. The third-order valence-electron chi connectivity index (χ3n) is 4.03. The molecule has 6 nitrogen and oxygen atoms in total. The summed E-state index contributed by atoms with van der Waals surface area (Å²) in [5.74, 6) is -2.61. The first kappa shape index (κ1) is 20.5. The number of hydrogen-bond acceptors (Lipinski definition) is 4. The van der Waals surface area contributed by atoms with Crippen LogP contribution in [0.2, 0.25) is 0 Å². The third kappa shape index (κ3) is 5.08. The van der Waals surface area contributed by atoms with Crippen LogP contribution in [0.5, 0.6) is 0 Å². The highest BCUT2D eigenvalue weighted by atomic mass is 19.4. The van der Waals surface area contributed by atoms with E-state index in [9.17, 15) is 27.6 Å². The molecule has 0 saturated carbocycles. The van der Waals surface area contributed by atoms with E-state index in [0.29, 0.717) is 0 Å². The molecule has 1 aliphatic rings. The van der Waals surface area contributed by atoms with E-state index in [1.165, 1.54) is 25.1 Å². The predicted octanol–water partition coefficient (Wildman–Crippen LogP) is 2.29. The van der Waals surface area contributed by atoms with Gasteiger partial charge in [0.2, 0.25) is 5.91 Å². The van der Waals surface area contributed by atoms with Gasteiger partial charge in [-0.1, -0.05) is 12.1 Å². The fourth-order valence-corrected chi connectivity index (χ4v) is 2.61. The van der Waals surface area contributed by atoms with Gasteiger partial charge in [-0.3, -0.25) is 14.4 Å².